The smallest absolute Gasteiger partial charge is 0.251 e. The van der Waals surface area contributed by atoms with Crippen molar-refractivity contribution in [3.8, 4) is 5.82 Å². The lowest BCUT2D eigenvalue weighted by Gasteiger charge is -2.09. The van der Waals surface area contributed by atoms with E-state index in [0.29, 0.717) is 35.9 Å². The first-order valence-electron chi connectivity index (χ1n) is 8.15. The largest absolute Gasteiger partial charge is 0.368 e. The zero-order valence-corrected chi connectivity index (χ0v) is 14.5. The Morgan fingerprint density at radius 3 is 2.73 bits per heavy atom. The molecule has 0 bridgehead atoms. The van der Waals surface area contributed by atoms with Gasteiger partial charge in [0, 0.05) is 37.1 Å². The van der Waals surface area contributed by atoms with E-state index in [1.54, 1.807) is 31.3 Å². The van der Waals surface area contributed by atoms with Gasteiger partial charge in [-0.3, -0.25) is 9.36 Å². The number of aryl methyl sites for hydroxylation is 2. The molecule has 0 atom stereocenters. The molecule has 0 unspecified atom stereocenters. The summed E-state index contributed by atoms with van der Waals surface area (Å²) in [5.41, 5.74) is 0.809. The standard InChI is InChI=1S/C18H19FN6O/c1-12-3-4-14(9-15(12)19)18(26)22-6-5-21-16-10-17(24-11-23-16)25-8-7-20-13(25)2/h3-4,7-11H,5-6H2,1-2H3,(H,22,26)(H,21,23,24). The predicted molar refractivity (Wildman–Crippen MR) is 95.9 cm³/mol. The number of carbonyl (C=O) groups excluding carboxylic acids is 1. The minimum atomic E-state index is -0.390. The van der Waals surface area contributed by atoms with Crippen LogP contribution in [0.4, 0.5) is 10.2 Å². The van der Waals surface area contributed by atoms with Crippen LogP contribution in [0.15, 0.2) is 43.0 Å². The molecule has 134 valence electrons. The molecule has 0 fully saturated rings. The van der Waals surface area contributed by atoms with Crippen molar-refractivity contribution in [3.05, 3.63) is 65.8 Å². The maximum atomic E-state index is 13.5. The monoisotopic (exact) mass is 354 g/mol. The average molecular weight is 354 g/mol. The Balaban J connectivity index is 1.53. The number of carbonyl (C=O) groups is 1. The second-order valence-corrected chi connectivity index (χ2v) is 5.75. The second kappa shape index (κ2) is 7.73. The number of rotatable bonds is 6. The quantitative estimate of drug-likeness (QED) is 0.663. The predicted octanol–water partition coefficient (Wildman–Crippen LogP) is 2.26. The fraction of sp³-hybridized carbons (Fsp3) is 0.222. The van der Waals surface area contributed by atoms with E-state index >= 15 is 0 Å². The minimum Gasteiger partial charge on any atom is -0.368 e. The fourth-order valence-corrected chi connectivity index (χ4v) is 2.40. The van der Waals surface area contributed by atoms with Gasteiger partial charge >= 0.3 is 0 Å². The number of aromatic nitrogens is 4. The Labute approximate surface area is 150 Å². The molecule has 0 aliphatic heterocycles. The highest BCUT2D eigenvalue weighted by molar-refractivity contribution is 5.94. The number of anilines is 1. The summed E-state index contributed by atoms with van der Waals surface area (Å²) in [4.78, 5) is 24.6. The van der Waals surface area contributed by atoms with E-state index in [1.165, 1.54) is 12.4 Å². The van der Waals surface area contributed by atoms with Crippen molar-refractivity contribution in [1.82, 2.24) is 24.8 Å². The van der Waals surface area contributed by atoms with E-state index in [1.807, 2.05) is 17.7 Å². The lowest BCUT2D eigenvalue weighted by atomic mass is 10.1. The molecular formula is C18H19FN6O. The summed E-state index contributed by atoms with van der Waals surface area (Å²) in [5, 5.41) is 5.86. The molecule has 1 amide bonds. The molecule has 26 heavy (non-hydrogen) atoms. The fourth-order valence-electron chi connectivity index (χ4n) is 2.40. The zero-order chi connectivity index (χ0) is 18.5. The molecule has 2 heterocycles. The van der Waals surface area contributed by atoms with Gasteiger partial charge in [-0.1, -0.05) is 6.07 Å². The van der Waals surface area contributed by atoms with Crippen molar-refractivity contribution >= 4 is 11.7 Å². The van der Waals surface area contributed by atoms with Gasteiger partial charge in [0.15, 0.2) is 0 Å². The van der Waals surface area contributed by atoms with E-state index in [-0.39, 0.29) is 11.7 Å². The van der Waals surface area contributed by atoms with E-state index in [2.05, 4.69) is 25.6 Å². The van der Waals surface area contributed by atoms with E-state index < -0.39 is 0 Å². The van der Waals surface area contributed by atoms with Crippen LogP contribution < -0.4 is 10.6 Å². The lowest BCUT2D eigenvalue weighted by Crippen LogP contribution is -2.29. The SMILES string of the molecule is Cc1ccc(C(=O)NCCNc2cc(-n3ccnc3C)ncn2)cc1F. The van der Waals surface area contributed by atoms with Gasteiger partial charge in [0.05, 0.1) is 0 Å². The summed E-state index contributed by atoms with van der Waals surface area (Å²) in [7, 11) is 0. The molecule has 0 saturated heterocycles. The highest BCUT2D eigenvalue weighted by Crippen LogP contribution is 2.11. The van der Waals surface area contributed by atoms with E-state index in [4.69, 9.17) is 0 Å². The topological polar surface area (TPSA) is 84.7 Å². The first-order valence-corrected chi connectivity index (χ1v) is 8.15. The van der Waals surface area contributed by atoms with Crippen LogP contribution in [0.1, 0.15) is 21.7 Å². The molecular weight excluding hydrogens is 335 g/mol. The molecule has 3 aromatic rings. The number of amides is 1. The van der Waals surface area contributed by atoms with Crippen molar-refractivity contribution in [1.29, 1.82) is 0 Å². The highest BCUT2D eigenvalue weighted by atomic mass is 19.1. The van der Waals surface area contributed by atoms with Crippen molar-refractivity contribution < 1.29 is 9.18 Å². The van der Waals surface area contributed by atoms with Gasteiger partial charge in [0.25, 0.3) is 5.91 Å². The van der Waals surface area contributed by atoms with Crippen molar-refractivity contribution in [3.63, 3.8) is 0 Å². The van der Waals surface area contributed by atoms with Crippen LogP contribution in [0.2, 0.25) is 0 Å². The molecule has 0 radical (unpaired) electrons. The van der Waals surface area contributed by atoms with Crippen molar-refractivity contribution in [2.24, 2.45) is 0 Å². The van der Waals surface area contributed by atoms with Crippen LogP contribution in [-0.2, 0) is 0 Å². The number of imidazole rings is 1. The van der Waals surface area contributed by atoms with Crippen LogP contribution in [0.3, 0.4) is 0 Å². The highest BCUT2D eigenvalue weighted by Gasteiger charge is 2.08. The first kappa shape index (κ1) is 17.5. The van der Waals surface area contributed by atoms with Crippen LogP contribution in [0, 0.1) is 19.7 Å². The number of benzene rings is 1. The average Bonchev–Trinajstić information content (AvgIpc) is 3.07. The zero-order valence-electron chi connectivity index (χ0n) is 14.5. The third-order valence-corrected chi connectivity index (χ3v) is 3.88. The molecule has 7 nitrogen and oxygen atoms in total. The van der Waals surface area contributed by atoms with Gasteiger partial charge in [0.1, 0.15) is 29.6 Å². The number of hydrogen-bond acceptors (Lipinski definition) is 5. The number of hydrogen-bond donors (Lipinski definition) is 2. The summed E-state index contributed by atoms with van der Waals surface area (Å²) in [6, 6.07) is 6.22. The molecule has 1 aromatic carbocycles. The van der Waals surface area contributed by atoms with Crippen LogP contribution in [0.5, 0.6) is 0 Å². The molecule has 0 saturated carbocycles. The maximum Gasteiger partial charge on any atom is 0.251 e. The molecule has 8 heteroatoms. The van der Waals surface area contributed by atoms with Gasteiger partial charge in [-0.15, -0.1) is 0 Å². The number of nitrogens with zero attached hydrogens (tertiary/aromatic N) is 4. The molecule has 2 N–H and O–H groups in total. The van der Waals surface area contributed by atoms with Gasteiger partial charge in [0.2, 0.25) is 0 Å². The summed E-state index contributed by atoms with van der Waals surface area (Å²) in [5.74, 6) is 1.46. The third-order valence-electron chi connectivity index (χ3n) is 3.88. The second-order valence-electron chi connectivity index (χ2n) is 5.75. The molecule has 0 aliphatic carbocycles. The summed E-state index contributed by atoms with van der Waals surface area (Å²) in [6.45, 7) is 4.39. The van der Waals surface area contributed by atoms with Crippen LogP contribution in [-0.4, -0.2) is 38.5 Å². The Morgan fingerprint density at radius 1 is 1.15 bits per heavy atom. The van der Waals surface area contributed by atoms with Crippen LogP contribution in [0.25, 0.3) is 5.82 Å². The molecule has 0 spiro atoms. The van der Waals surface area contributed by atoms with Gasteiger partial charge in [-0.2, -0.15) is 0 Å². The molecule has 3 rings (SSSR count). The number of nitrogens with one attached hydrogen (secondary N) is 2. The van der Waals surface area contributed by atoms with Crippen molar-refractivity contribution in [2.75, 3.05) is 18.4 Å². The Kier molecular flexibility index (Phi) is 5.21. The normalized spacial score (nSPS) is 10.6. The summed E-state index contributed by atoms with van der Waals surface area (Å²) >= 11 is 0. The number of halogens is 1. The molecule has 0 aliphatic rings. The summed E-state index contributed by atoms with van der Waals surface area (Å²) in [6.07, 6.45) is 4.99. The third kappa shape index (κ3) is 4.02. The summed E-state index contributed by atoms with van der Waals surface area (Å²) < 4.78 is 15.4. The van der Waals surface area contributed by atoms with Crippen LogP contribution >= 0.6 is 0 Å². The Morgan fingerprint density at radius 2 is 2.00 bits per heavy atom. The van der Waals surface area contributed by atoms with Gasteiger partial charge < -0.3 is 10.6 Å². The van der Waals surface area contributed by atoms with Gasteiger partial charge in [-0.25, -0.2) is 19.3 Å². The lowest BCUT2D eigenvalue weighted by molar-refractivity contribution is 0.0954. The molecule has 2 aromatic heterocycles. The Hall–Kier alpha value is -3.29. The first-order chi connectivity index (χ1) is 12.5. The van der Waals surface area contributed by atoms with E-state index in [0.717, 1.165) is 5.82 Å². The maximum absolute atomic E-state index is 13.5. The van der Waals surface area contributed by atoms with Crippen molar-refractivity contribution in [2.45, 2.75) is 13.8 Å². The van der Waals surface area contributed by atoms with Gasteiger partial charge in [-0.05, 0) is 31.5 Å². The minimum absolute atomic E-state index is 0.299. The van der Waals surface area contributed by atoms with E-state index in [9.17, 15) is 9.18 Å². The Bertz CT molecular complexity index is 924.